The van der Waals surface area contributed by atoms with Crippen LogP contribution < -0.4 is 14.8 Å². The summed E-state index contributed by atoms with van der Waals surface area (Å²) in [6, 6.07) is 8.50. The van der Waals surface area contributed by atoms with Crippen molar-refractivity contribution in [2.45, 2.75) is 36.9 Å². The molecular formula is C25H30N4O5S. The third-order valence-corrected chi connectivity index (χ3v) is 7.62. The topological polar surface area (TPSA) is 101 Å². The molecule has 10 heteroatoms. The van der Waals surface area contributed by atoms with Gasteiger partial charge in [-0.1, -0.05) is 12.1 Å². The van der Waals surface area contributed by atoms with E-state index in [1.165, 1.54) is 23.8 Å². The standard InChI is InChI=1S/C25H30N4O5S/c1-25(17-10-13-28(14-11-17)22(30)18-8-6-12-26-21(18)35-4)23(31)29(24(32)27-25)15-16-7-5-9-19(33-2)20(16)34-3/h5-9,12,17H,10-11,13-15H2,1-4H3,(H,27,32)/t25-/m1/s1. The summed E-state index contributed by atoms with van der Waals surface area (Å²) < 4.78 is 10.8. The minimum atomic E-state index is -1.03. The molecule has 2 saturated heterocycles. The maximum absolute atomic E-state index is 13.5. The number of methoxy groups -OCH3 is 2. The molecular weight excluding hydrogens is 468 g/mol. The number of nitrogens with one attached hydrogen (secondary N) is 1. The summed E-state index contributed by atoms with van der Waals surface area (Å²) >= 11 is 1.44. The van der Waals surface area contributed by atoms with E-state index in [9.17, 15) is 14.4 Å². The molecule has 2 aliphatic rings. The third-order valence-electron chi connectivity index (χ3n) is 6.91. The number of hydrogen-bond acceptors (Lipinski definition) is 7. The van der Waals surface area contributed by atoms with E-state index in [1.54, 1.807) is 49.4 Å². The van der Waals surface area contributed by atoms with Gasteiger partial charge in [0.25, 0.3) is 11.8 Å². The van der Waals surface area contributed by atoms with Crippen molar-refractivity contribution >= 4 is 29.6 Å². The summed E-state index contributed by atoms with van der Waals surface area (Å²) in [4.78, 5) is 46.8. The number of para-hydroxylation sites is 1. The summed E-state index contributed by atoms with van der Waals surface area (Å²) in [5, 5.41) is 3.63. The van der Waals surface area contributed by atoms with Crippen LogP contribution in [0, 0.1) is 5.92 Å². The van der Waals surface area contributed by atoms with Gasteiger partial charge in [-0.05, 0) is 50.1 Å². The number of amides is 4. The maximum Gasteiger partial charge on any atom is 0.325 e. The molecule has 4 amide bonds. The van der Waals surface area contributed by atoms with Gasteiger partial charge >= 0.3 is 6.03 Å². The lowest BCUT2D eigenvalue weighted by Crippen LogP contribution is -2.54. The molecule has 3 heterocycles. The highest BCUT2D eigenvalue weighted by Gasteiger charge is 2.53. The van der Waals surface area contributed by atoms with Crippen LogP contribution in [0.5, 0.6) is 11.5 Å². The minimum absolute atomic E-state index is 0.0559. The van der Waals surface area contributed by atoms with Gasteiger partial charge in [0.1, 0.15) is 10.6 Å². The molecule has 1 N–H and O–H groups in total. The second kappa shape index (κ2) is 10.2. The van der Waals surface area contributed by atoms with Crippen LogP contribution in [-0.4, -0.2) is 71.7 Å². The maximum atomic E-state index is 13.5. The van der Waals surface area contributed by atoms with E-state index in [0.29, 0.717) is 53.6 Å². The number of pyridine rings is 1. The predicted molar refractivity (Wildman–Crippen MR) is 132 cm³/mol. The van der Waals surface area contributed by atoms with Crippen molar-refractivity contribution in [1.82, 2.24) is 20.1 Å². The fourth-order valence-electron chi connectivity index (χ4n) is 4.93. The van der Waals surface area contributed by atoms with E-state index in [0.717, 1.165) is 0 Å². The molecule has 1 aromatic carbocycles. The summed E-state index contributed by atoms with van der Waals surface area (Å²) in [6.45, 7) is 2.88. The zero-order valence-electron chi connectivity index (χ0n) is 20.4. The van der Waals surface area contributed by atoms with Gasteiger partial charge in [-0.25, -0.2) is 9.78 Å². The van der Waals surface area contributed by atoms with Gasteiger partial charge in [-0.3, -0.25) is 14.5 Å². The Morgan fingerprint density at radius 3 is 2.57 bits per heavy atom. The highest BCUT2D eigenvalue weighted by molar-refractivity contribution is 7.98. The van der Waals surface area contributed by atoms with Crippen molar-refractivity contribution in [2.75, 3.05) is 33.6 Å². The van der Waals surface area contributed by atoms with Gasteiger partial charge in [0, 0.05) is 24.8 Å². The second-order valence-electron chi connectivity index (χ2n) is 8.80. The van der Waals surface area contributed by atoms with Crippen molar-refractivity contribution in [1.29, 1.82) is 0 Å². The fraction of sp³-hybridized carbons (Fsp3) is 0.440. The number of nitrogens with zero attached hydrogens (tertiary/aromatic N) is 3. The Kier molecular flexibility index (Phi) is 7.20. The molecule has 2 aliphatic heterocycles. The van der Waals surface area contributed by atoms with Gasteiger partial charge < -0.3 is 19.7 Å². The Morgan fingerprint density at radius 1 is 1.17 bits per heavy atom. The van der Waals surface area contributed by atoms with Crippen molar-refractivity contribution < 1.29 is 23.9 Å². The van der Waals surface area contributed by atoms with Crippen molar-refractivity contribution in [3.8, 4) is 11.5 Å². The number of imide groups is 1. The van der Waals surface area contributed by atoms with Crippen molar-refractivity contribution in [3.63, 3.8) is 0 Å². The van der Waals surface area contributed by atoms with Gasteiger partial charge in [0.05, 0.1) is 26.3 Å². The molecule has 186 valence electrons. The van der Waals surface area contributed by atoms with Crippen LogP contribution in [0.3, 0.4) is 0 Å². The Balaban J connectivity index is 1.46. The van der Waals surface area contributed by atoms with E-state index in [-0.39, 0.29) is 24.3 Å². The average Bonchev–Trinajstić information content (AvgIpc) is 3.11. The lowest BCUT2D eigenvalue weighted by atomic mass is 9.78. The lowest BCUT2D eigenvalue weighted by Gasteiger charge is -2.39. The first-order valence-electron chi connectivity index (χ1n) is 11.5. The smallest absolute Gasteiger partial charge is 0.325 e. The number of likely N-dealkylation sites (tertiary alicyclic amines) is 1. The normalized spacial score (nSPS) is 20.7. The van der Waals surface area contributed by atoms with E-state index in [2.05, 4.69) is 10.3 Å². The summed E-state index contributed by atoms with van der Waals surface area (Å²) in [5.41, 5.74) is 0.242. The van der Waals surface area contributed by atoms with Crippen LogP contribution in [0.2, 0.25) is 0 Å². The number of ether oxygens (including phenoxy) is 2. The van der Waals surface area contributed by atoms with Crippen LogP contribution in [0.4, 0.5) is 4.79 Å². The van der Waals surface area contributed by atoms with Crippen molar-refractivity contribution in [3.05, 3.63) is 47.7 Å². The molecule has 0 unspecified atom stereocenters. The molecule has 0 bridgehead atoms. The van der Waals surface area contributed by atoms with E-state index in [1.807, 2.05) is 12.3 Å². The van der Waals surface area contributed by atoms with Crippen LogP contribution in [0.1, 0.15) is 35.7 Å². The zero-order valence-corrected chi connectivity index (χ0v) is 21.2. The zero-order chi connectivity index (χ0) is 25.2. The summed E-state index contributed by atoms with van der Waals surface area (Å²) in [7, 11) is 3.07. The van der Waals surface area contributed by atoms with Crippen LogP contribution in [0.25, 0.3) is 0 Å². The molecule has 0 saturated carbocycles. The number of aromatic nitrogens is 1. The third kappa shape index (κ3) is 4.54. The highest BCUT2D eigenvalue weighted by atomic mass is 32.2. The molecule has 2 aromatic rings. The number of piperidine rings is 1. The fourth-order valence-corrected chi connectivity index (χ4v) is 5.47. The second-order valence-corrected chi connectivity index (χ2v) is 9.60. The predicted octanol–water partition coefficient (Wildman–Crippen LogP) is 3.18. The Labute approximate surface area is 209 Å². The lowest BCUT2D eigenvalue weighted by molar-refractivity contribution is -0.133. The highest BCUT2D eigenvalue weighted by Crippen LogP contribution is 2.37. The van der Waals surface area contributed by atoms with Crippen molar-refractivity contribution in [2.24, 2.45) is 5.92 Å². The van der Waals surface area contributed by atoms with Gasteiger partial charge in [-0.2, -0.15) is 0 Å². The molecule has 4 rings (SSSR count). The molecule has 9 nitrogen and oxygen atoms in total. The first kappa shape index (κ1) is 24.8. The van der Waals surface area contributed by atoms with Crippen LogP contribution in [0.15, 0.2) is 41.6 Å². The Morgan fingerprint density at radius 2 is 1.91 bits per heavy atom. The number of urea groups is 1. The largest absolute Gasteiger partial charge is 0.493 e. The molecule has 1 aromatic heterocycles. The first-order valence-corrected chi connectivity index (χ1v) is 12.7. The Hall–Kier alpha value is -3.27. The van der Waals surface area contributed by atoms with E-state index in [4.69, 9.17) is 9.47 Å². The number of carbonyl (C=O) groups excluding carboxylic acids is 3. The molecule has 35 heavy (non-hydrogen) atoms. The number of carbonyl (C=O) groups is 3. The van der Waals surface area contributed by atoms with Gasteiger partial charge in [0.15, 0.2) is 11.5 Å². The van der Waals surface area contributed by atoms with E-state index < -0.39 is 11.6 Å². The SMILES string of the molecule is COc1cccc(CN2C(=O)N[C@](C)(C3CCN(C(=O)c4cccnc4SC)CC3)C2=O)c1OC. The monoisotopic (exact) mass is 498 g/mol. The number of thioether (sulfide) groups is 1. The van der Waals surface area contributed by atoms with Crippen LogP contribution in [-0.2, 0) is 11.3 Å². The molecule has 0 spiro atoms. The quantitative estimate of drug-likeness (QED) is 0.462. The minimum Gasteiger partial charge on any atom is -0.493 e. The number of hydrogen-bond donors (Lipinski definition) is 1. The molecule has 0 radical (unpaired) electrons. The molecule has 2 fully saturated rings. The number of rotatable bonds is 7. The summed E-state index contributed by atoms with van der Waals surface area (Å²) in [5.74, 6) is 0.619. The Bertz CT molecular complexity index is 1130. The van der Waals surface area contributed by atoms with Gasteiger partial charge in [0.2, 0.25) is 0 Å². The average molecular weight is 499 g/mol. The van der Waals surface area contributed by atoms with Crippen LogP contribution >= 0.6 is 11.8 Å². The number of benzene rings is 1. The molecule has 1 atom stereocenters. The molecule has 0 aliphatic carbocycles. The summed E-state index contributed by atoms with van der Waals surface area (Å²) in [6.07, 6.45) is 4.79. The van der Waals surface area contributed by atoms with E-state index >= 15 is 0 Å². The first-order chi connectivity index (χ1) is 16.8. The van der Waals surface area contributed by atoms with Gasteiger partial charge in [-0.15, -0.1) is 11.8 Å².